The maximum atomic E-state index is 12.5. The van der Waals surface area contributed by atoms with Crippen molar-refractivity contribution in [2.24, 2.45) is 5.92 Å². The molecule has 102 valence electrons. The summed E-state index contributed by atoms with van der Waals surface area (Å²) in [6.45, 7) is 8.44. The van der Waals surface area contributed by atoms with E-state index < -0.39 is 0 Å². The zero-order chi connectivity index (χ0) is 12.5. The van der Waals surface area contributed by atoms with Crippen LogP contribution in [0.1, 0.15) is 32.6 Å². The molecule has 0 spiro atoms. The second-order valence-corrected chi connectivity index (χ2v) is 6.23. The summed E-state index contributed by atoms with van der Waals surface area (Å²) < 4.78 is 0. The van der Waals surface area contributed by atoms with Crippen molar-refractivity contribution in [1.29, 1.82) is 0 Å². The van der Waals surface area contributed by atoms with Crippen LogP contribution in [0.5, 0.6) is 0 Å². The lowest BCUT2D eigenvalue weighted by atomic mass is 9.99. The normalized spacial score (nSPS) is 30.6. The van der Waals surface area contributed by atoms with E-state index in [9.17, 15) is 4.79 Å². The first-order valence-electron chi connectivity index (χ1n) is 7.52. The van der Waals surface area contributed by atoms with Crippen LogP contribution in [0, 0.1) is 5.92 Å². The number of likely N-dealkylation sites (tertiary alicyclic amines) is 1. The molecule has 3 aliphatic rings. The Morgan fingerprint density at radius 2 is 1.72 bits per heavy atom. The maximum Gasteiger partial charge on any atom is 0.320 e. The summed E-state index contributed by atoms with van der Waals surface area (Å²) in [7, 11) is 0. The van der Waals surface area contributed by atoms with E-state index in [1.807, 2.05) is 0 Å². The average molecular weight is 251 g/mol. The van der Waals surface area contributed by atoms with Crippen molar-refractivity contribution in [3.63, 3.8) is 0 Å². The number of piperazine rings is 1. The molecule has 0 radical (unpaired) electrons. The maximum absolute atomic E-state index is 12.5. The van der Waals surface area contributed by atoms with Crippen LogP contribution in [0.4, 0.5) is 4.79 Å². The molecule has 3 heterocycles. The molecule has 4 nitrogen and oxygen atoms in total. The Morgan fingerprint density at radius 3 is 2.50 bits per heavy atom. The van der Waals surface area contributed by atoms with Crippen LogP contribution in [0.2, 0.25) is 0 Å². The molecule has 4 heteroatoms. The van der Waals surface area contributed by atoms with E-state index in [2.05, 4.69) is 21.6 Å². The number of piperidine rings is 1. The molecule has 0 aliphatic carbocycles. The molecule has 18 heavy (non-hydrogen) atoms. The van der Waals surface area contributed by atoms with Gasteiger partial charge in [0.1, 0.15) is 0 Å². The lowest BCUT2D eigenvalue weighted by molar-refractivity contribution is 0.0876. The molecule has 3 rings (SSSR count). The van der Waals surface area contributed by atoms with Gasteiger partial charge in [0.15, 0.2) is 0 Å². The first-order chi connectivity index (χ1) is 8.74. The Morgan fingerprint density at radius 1 is 0.944 bits per heavy atom. The SMILES string of the molecule is CC1CCN(C(=O)N2CCN3CCCC3C2)CC1. The van der Waals surface area contributed by atoms with Crippen LogP contribution < -0.4 is 0 Å². The van der Waals surface area contributed by atoms with Crippen molar-refractivity contribution in [2.45, 2.75) is 38.6 Å². The lowest BCUT2D eigenvalue weighted by Gasteiger charge is -2.41. The standard InChI is InChI=1S/C14H25N3O/c1-12-4-7-16(8-5-12)14(18)17-10-9-15-6-2-3-13(15)11-17/h12-13H,2-11H2,1H3. The number of fused-ring (bicyclic) bond motifs is 1. The van der Waals surface area contributed by atoms with Gasteiger partial charge in [-0.1, -0.05) is 6.92 Å². The van der Waals surface area contributed by atoms with Crippen LogP contribution in [-0.2, 0) is 0 Å². The summed E-state index contributed by atoms with van der Waals surface area (Å²) in [4.78, 5) is 19.2. The molecule has 1 atom stereocenters. The second-order valence-electron chi connectivity index (χ2n) is 6.23. The average Bonchev–Trinajstić information content (AvgIpc) is 2.86. The van der Waals surface area contributed by atoms with E-state index in [0.29, 0.717) is 12.1 Å². The van der Waals surface area contributed by atoms with Crippen molar-refractivity contribution in [1.82, 2.24) is 14.7 Å². The van der Waals surface area contributed by atoms with Gasteiger partial charge in [-0.2, -0.15) is 0 Å². The molecular formula is C14H25N3O. The second kappa shape index (κ2) is 5.08. The highest BCUT2D eigenvalue weighted by atomic mass is 16.2. The quantitative estimate of drug-likeness (QED) is 0.654. The zero-order valence-electron chi connectivity index (χ0n) is 11.5. The molecule has 0 aromatic rings. The van der Waals surface area contributed by atoms with E-state index in [-0.39, 0.29) is 0 Å². The zero-order valence-corrected chi connectivity index (χ0v) is 11.5. The van der Waals surface area contributed by atoms with Gasteiger partial charge in [-0.25, -0.2) is 4.79 Å². The summed E-state index contributed by atoms with van der Waals surface area (Å²) in [5, 5.41) is 0. The molecule has 0 N–H and O–H groups in total. The molecule has 3 aliphatic heterocycles. The molecule has 2 amide bonds. The summed E-state index contributed by atoms with van der Waals surface area (Å²) in [5.74, 6) is 0.792. The number of nitrogens with zero attached hydrogens (tertiary/aromatic N) is 3. The van der Waals surface area contributed by atoms with Crippen molar-refractivity contribution in [3.8, 4) is 0 Å². The third-order valence-corrected chi connectivity index (χ3v) is 4.91. The summed E-state index contributed by atoms with van der Waals surface area (Å²) >= 11 is 0. The molecule has 3 fully saturated rings. The molecular weight excluding hydrogens is 226 g/mol. The largest absolute Gasteiger partial charge is 0.325 e. The highest BCUT2D eigenvalue weighted by molar-refractivity contribution is 5.74. The topological polar surface area (TPSA) is 26.8 Å². The number of rotatable bonds is 0. The van der Waals surface area contributed by atoms with Crippen molar-refractivity contribution in [3.05, 3.63) is 0 Å². The smallest absolute Gasteiger partial charge is 0.320 e. The van der Waals surface area contributed by atoms with Crippen LogP contribution in [-0.4, -0.2) is 66.0 Å². The number of carbonyl (C=O) groups excluding carboxylic acids is 1. The number of urea groups is 1. The number of hydrogen-bond acceptors (Lipinski definition) is 2. The fraction of sp³-hybridized carbons (Fsp3) is 0.929. The van der Waals surface area contributed by atoms with E-state index in [1.165, 1.54) is 32.2 Å². The molecule has 0 aromatic heterocycles. The van der Waals surface area contributed by atoms with Crippen LogP contribution in [0.15, 0.2) is 0 Å². The monoisotopic (exact) mass is 251 g/mol. The Bertz CT molecular complexity index is 312. The Balaban J connectivity index is 1.56. The minimum Gasteiger partial charge on any atom is -0.325 e. The summed E-state index contributed by atoms with van der Waals surface area (Å²) in [6.07, 6.45) is 4.94. The Kier molecular flexibility index (Phi) is 3.46. The van der Waals surface area contributed by atoms with Crippen LogP contribution in [0.25, 0.3) is 0 Å². The minimum atomic E-state index is 0.299. The predicted molar refractivity (Wildman–Crippen MR) is 71.5 cm³/mol. The van der Waals surface area contributed by atoms with Crippen molar-refractivity contribution < 1.29 is 4.79 Å². The number of hydrogen-bond donors (Lipinski definition) is 0. The first kappa shape index (κ1) is 12.3. The van der Waals surface area contributed by atoms with E-state index in [4.69, 9.17) is 0 Å². The highest BCUT2D eigenvalue weighted by Gasteiger charge is 2.34. The number of carbonyl (C=O) groups is 1. The fourth-order valence-electron chi connectivity index (χ4n) is 3.56. The van der Waals surface area contributed by atoms with Gasteiger partial charge in [-0.05, 0) is 38.1 Å². The van der Waals surface area contributed by atoms with E-state index in [1.54, 1.807) is 0 Å². The third-order valence-electron chi connectivity index (χ3n) is 4.91. The predicted octanol–water partition coefficient (Wildman–Crippen LogP) is 1.62. The van der Waals surface area contributed by atoms with E-state index in [0.717, 1.165) is 38.6 Å². The minimum absolute atomic E-state index is 0.299. The van der Waals surface area contributed by atoms with Gasteiger partial charge < -0.3 is 9.80 Å². The molecule has 1 unspecified atom stereocenters. The summed E-state index contributed by atoms with van der Waals surface area (Å²) in [6, 6.07) is 0.944. The molecule has 0 aromatic carbocycles. The molecule has 3 saturated heterocycles. The van der Waals surface area contributed by atoms with Gasteiger partial charge in [0.25, 0.3) is 0 Å². The van der Waals surface area contributed by atoms with Crippen LogP contribution in [0.3, 0.4) is 0 Å². The molecule has 0 bridgehead atoms. The fourth-order valence-corrected chi connectivity index (χ4v) is 3.56. The van der Waals surface area contributed by atoms with Gasteiger partial charge in [-0.3, -0.25) is 4.90 Å². The molecule has 0 saturated carbocycles. The number of amides is 2. The van der Waals surface area contributed by atoms with Crippen molar-refractivity contribution in [2.75, 3.05) is 39.3 Å². The van der Waals surface area contributed by atoms with E-state index >= 15 is 0 Å². The van der Waals surface area contributed by atoms with Crippen molar-refractivity contribution >= 4 is 6.03 Å². The Hall–Kier alpha value is -0.770. The summed E-state index contributed by atoms with van der Waals surface area (Å²) in [5.41, 5.74) is 0. The van der Waals surface area contributed by atoms with Gasteiger partial charge in [-0.15, -0.1) is 0 Å². The Labute approximate surface area is 110 Å². The third kappa shape index (κ3) is 2.35. The van der Waals surface area contributed by atoms with Crippen LogP contribution >= 0.6 is 0 Å². The van der Waals surface area contributed by atoms with Gasteiger partial charge in [0.05, 0.1) is 0 Å². The highest BCUT2D eigenvalue weighted by Crippen LogP contribution is 2.23. The van der Waals surface area contributed by atoms with Gasteiger partial charge in [0, 0.05) is 38.8 Å². The van der Waals surface area contributed by atoms with Gasteiger partial charge >= 0.3 is 6.03 Å². The lowest BCUT2D eigenvalue weighted by Crippen LogP contribution is -2.56. The first-order valence-corrected chi connectivity index (χ1v) is 7.52. The van der Waals surface area contributed by atoms with Gasteiger partial charge in [0.2, 0.25) is 0 Å².